The van der Waals surface area contributed by atoms with Gasteiger partial charge in [-0.1, -0.05) is 18.2 Å². The Hall–Kier alpha value is -1.55. The third-order valence-corrected chi connectivity index (χ3v) is 3.90. The Balaban J connectivity index is 1.98. The van der Waals surface area contributed by atoms with Gasteiger partial charge in [0.25, 0.3) is 0 Å². The van der Waals surface area contributed by atoms with Crippen LogP contribution in [0.25, 0.3) is 0 Å². The highest BCUT2D eigenvalue weighted by Gasteiger charge is 2.32. The number of nitrogens with zero attached hydrogens (tertiary/aromatic N) is 1. The summed E-state index contributed by atoms with van der Waals surface area (Å²) in [6.45, 7) is 6.75. The monoisotopic (exact) mass is 276 g/mol. The molecule has 1 fully saturated rings. The van der Waals surface area contributed by atoms with Crippen LogP contribution in [0.1, 0.15) is 25.8 Å². The lowest BCUT2D eigenvalue weighted by Gasteiger charge is -2.43. The van der Waals surface area contributed by atoms with E-state index in [9.17, 15) is 4.79 Å². The lowest BCUT2D eigenvalue weighted by Crippen LogP contribution is -2.59. The van der Waals surface area contributed by atoms with Gasteiger partial charge >= 0.3 is 0 Å². The van der Waals surface area contributed by atoms with Crippen molar-refractivity contribution in [1.82, 2.24) is 10.2 Å². The Morgan fingerprint density at radius 3 is 2.85 bits per heavy atom. The zero-order valence-electron chi connectivity index (χ0n) is 12.6. The molecule has 1 amide bonds. The van der Waals surface area contributed by atoms with Gasteiger partial charge in [-0.25, -0.2) is 0 Å². The fourth-order valence-electron chi connectivity index (χ4n) is 2.73. The molecule has 0 unspecified atom stereocenters. The number of benzene rings is 1. The average Bonchev–Trinajstić information content (AvgIpc) is 2.44. The van der Waals surface area contributed by atoms with E-state index in [1.807, 2.05) is 29.2 Å². The summed E-state index contributed by atoms with van der Waals surface area (Å²) in [7, 11) is 1.67. The number of carbonyl (C=O) groups is 1. The number of rotatable bonds is 4. The van der Waals surface area contributed by atoms with Crippen LogP contribution < -0.4 is 10.1 Å². The van der Waals surface area contributed by atoms with E-state index in [2.05, 4.69) is 19.2 Å². The molecule has 2 rings (SSSR count). The molecular weight excluding hydrogens is 252 g/mol. The molecule has 1 aromatic rings. The largest absolute Gasteiger partial charge is 0.496 e. The maximum atomic E-state index is 12.4. The molecule has 0 aliphatic carbocycles. The summed E-state index contributed by atoms with van der Waals surface area (Å²) in [5, 5.41) is 3.34. The third kappa shape index (κ3) is 3.31. The second-order valence-corrected chi connectivity index (χ2v) is 5.85. The van der Waals surface area contributed by atoms with Crippen molar-refractivity contribution >= 4 is 5.91 Å². The molecule has 0 radical (unpaired) electrons. The first-order chi connectivity index (χ1) is 9.54. The molecule has 110 valence electrons. The molecule has 4 heteroatoms. The van der Waals surface area contributed by atoms with E-state index >= 15 is 0 Å². The molecule has 0 spiro atoms. The fourth-order valence-corrected chi connectivity index (χ4v) is 2.73. The molecule has 1 aliphatic rings. The van der Waals surface area contributed by atoms with Gasteiger partial charge in [0.1, 0.15) is 5.75 Å². The minimum absolute atomic E-state index is 0.101. The first kappa shape index (κ1) is 14.9. The quantitative estimate of drug-likeness (QED) is 0.912. The second-order valence-electron chi connectivity index (χ2n) is 5.85. The summed E-state index contributed by atoms with van der Waals surface area (Å²) in [6.07, 6.45) is 1.26. The van der Waals surface area contributed by atoms with Crippen LogP contribution in [-0.4, -0.2) is 43.1 Å². The Morgan fingerprint density at radius 1 is 1.40 bits per heavy atom. The highest BCUT2D eigenvalue weighted by molar-refractivity contribution is 5.77. The first-order valence-electron chi connectivity index (χ1n) is 7.18. The number of hydrogen-bond donors (Lipinski definition) is 1. The zero-order valence-corrected chi connectivity index (χ0v) is 12.6. The zero-order chi connectivity index (χ0) is 14.6. The van der Waals surface area contributed by atoms with Crippen molar-refractivity contribution in [3.05, 3.63) is 29.8 Å². The molecule has 0 atom stereocenters. The minimum Gasteiger partial charge on any atom is -0.496 e. The highest BCUT2D eigenvalue weighted by Crippen LogP contribution is 2.21. The van der Waals surface area contributed by atoms with Crippen molar-refractivity contribution in [3.63, 3.8) is 0 Å². The Kier molecular flexibility index (Phi) is 4.65. The SMILES string of the molecule is COc1ccccc1CCC(=O)N1CCNCC1(C)C. The molecule has 0 aromatic heterocycles. The van der Waals surface area contributed by atoms with Gasteiger partial charge in [-0.2, -0.15) is 0 Å². The molecular formula is C16H24N2O2. The topological polar surface area (TPSA) is 41.6 Å². The minimum atomic E-state index is -0.101. The molecule has 1 heterocycles. The number of amides is 1. The summed E-state index contributed by atoms with van der Waals surface area (Å²) in [5.74, 6) is 1.09. The average molecular weight is 276 g/mol. The lowest BCUT2D eigenvalue weighted by atomic mass is 9.98. The molecule has 20 heavy (non-hydrogen) atoms. The van der Waals surface area contributed by atoms with Crippen LogP contribution in [0, 0.1) is 0 Å². The van der Waals surface area contributed by atoms with E-state index in [1.54, 1.807) is 7.11 Å². The number of nitrogens with one attached hydrogen (secondary N) is 1. The fraction of sp³-hybridized carbons (Fsp3) is 0.562. The predicted molar refractivity (Wildman–Crippen MR) is 80.0 cm³/mol. The van der Waals surface area contributed by atoms with E-state index in [0.29, 0.717) is 6.42 Å². The highest BCUT2D eigenvalue weighted by atomic mass is 16.5. The standard InChI is InChI=1S/C16H24N2O2/c1-16(2)12-17-10-11-18(16)15(19)9-8-13-6-4-5-7-14(13)20-3/h4-7,17H,8-12H2,1-3H3. The smallest absolute Gasteiger partial charge is 0.223 e. The second kappa shape index (κ2) is 6.27. The van der Waals surface area contributed by atoms with E-state index in [-0.39, 0.29) is 11.4 Å². The molecule has 0 bridgehead atoms. The third-order valence-electron chi connectivity index (χ3n) is 3.90. The van der Waals surface area contributed by atoms with Crippen molar-refractivity contribution in [2.45, 2.75) is 32.2 Å². The van der Waals surface area contributed by atoms with E-state index in [4.69, 9.17) is 4.74 Å². The number of para-hydroxylation sites is 1. The van der Waals surface area contributed by atoms with Crippen molar-refractivity contribution in [3.8, 4) is 5.75 Å². The first-order valence-corrected chi connectivity index (χ1v) is 7.18. The maximum absolute atomic E-state index is 12.4. The molecule has 1 aliphatic heterocycles. The van der Waals surface area contributed by atoms with E-state index in [1.165, 1.54) is 0 Å². The molecule has 1 saturated heterocycles. The summed E-state index contributed by atoms with van der Waals surface area (Å²) < 4.78 is 5.33. The summed E-state index contributed by atoms with van der Waals surface area (Å²) in [5.41, 5.74) is 0.993. The van der Waals surface area contributed by atoms with Gasteiger partial charge in [0.15, 0.2) is 0 Å². The Bertz CT molecular complexity index is 471. The summed E-state index contributed by atoms with van der Waals surface area (Å²) >= 11 is 0. The Morgan fingerprint density at radius 2 is 2.15 bits per heavy atom. The molecule has 1 N–H and O–H groups in total. The van der Waals surface area contributed by atoms with Gasteiger partial charge in [0.05, 0.1) is 7.11 Å². The van der Waals surface area contributed by atoms with Crippen LogP contribution in [0.15, 0.2) is 24.3 Å². The number of hydrogen-bond acceptors (Lipinski definition) is 3. The van der Waals surface area contributed by atoms with Crippen molar-refractivity contribution in [2.75, 3.05) is 26.7 Å². The van der Waals surface area contributed by atoms with Gasteiger partial charge in [-0.3, -0.25) is 4.79 Å². The number of methoxy groups -OCH3 is 1. The summed E-state index contributed by atoms with van der Waals surface area (Å²) in [6, 6.07) is 7.89. The maximum Gasteiger partial charge on any atom is 0.223 e. The number of ether oxygens (including phenoxy) is 1. The lowest BCUT2D eigenvalue weighted by molar-refractivity contribution is -0.137. The molecule has 1 aromatic carbocycles. The Labute approximate surface area is 121 Å². The van der Waals surface area contributed by atoms with Crippen LogP contribution in [0.3, 0.4) is 0 Å². The van der Waals surface area contributed by atoms with Gasteiger partial charge in [0.2, 0.25) is 5.91 Å². The van der Waals surface area contributed by atoms with Crippen LogP contribution >= 0.6 is 0 Å². The van der Waals surface area contributed by atoms with Crippen molar-refractivity contribution in [2.24, 2.45) is 0 Å². The summed E-state index contributed by atoms with van der Waals surface area (Å²) in [4.78, 5) is 14.4. The van der Waals surface area contributed by atoms with Gasteiger partial charge in [-0.15, -0.1) is 0 Å². The molecule has 0 saturated carbocycles. The number of aryl methyl sites for hydroxylation is 1. The van der Waals surface area contributed by atoms with Crippen molar-refractivity contribution < 1.29 is 9.53 Å². The predicted octanol–water partition coefficient (Wildman–Crippen LogP) is 1.84. The van der Waals surface area contributed by atoms with Crippen LogP contribution in [0.2, 0.25) is 0 Å². The van der Waals surface area contributed by atoms with Crippen LogP contribution in [0.4, 0.5) is 0 Å². The van der Waals surface area contributed by atoms with Gasteiger partial charge in [-0.05, 0) is 31.9 Å². The van der Waals surface area contributed by atoms with E-state index in [0.717, 1.165) is 37.4 Å². The van der Waals surface area contributed by atoms with E-state index < -0.39 is 0 Å². The van der Waals surface area contributed by atoms with Crippen molar-refractivity contribution in [1.29, 1.82) is 0 Å². The molecule has 4 nitrogen and oxygen atoms in total. The van der Waals surface area contributed by atoms with Gasteiger partial charge in [0, 0.05) is 31.6 Å². The van der Waals surface area contributed by atoms with Crippen LogP contribution in [-0.2, 0) is 11.2 Å². The number of carbonyl (C=O) groups excluding carboxylic acids is 1. The van der Waals surface area contributed by atoms with Gasteiger partial charge < -0.3 is 15.0 Å². The van der Waals surface area contributed by atoms with Crippen LogP contribution in [0.5, 0.6) is 5.75 Å². The normalized spacial score (nSPS) is 17.9. The number of piperazine rings is 1.